The Bertz CT molecular complexity index is 468. The van der Waals surface area contributed by atoms with E-state index < -0.39 is 0 Å². The van der Waals surface area contributed by atoms with Crippen molar-refractivity contribution in [1.29, 1.82) is 0 Å². The van der Waals surface area contributed by atoms with Gasteiger partial charge in [0, 0.05) is 32.7 Å². The van der Waals surface area contributed by atoms with Gasteiger partial charge in [0.25, 0.3) is 0 Å². The van der Waals surface area contributed by atoms with Crippen molar-refractivity contribution in [3.63, 3.8) is 0 Å². The quantitative estimate of drug-likeness (QED) is 0.663. The summed E-state index contributed by atoms with van der Waals surface area (Å²) in [5.41, 5.74) is 0. The van der Waals surface area contributed by atoms with Gasteiger partial charge in [-0.2, -0.15) is 0 Å². The fourth-order valence-corrected chi connectivity index (χ4v) is 5.70. The highest BCUT2D eigenvalue weighted by Crippen LogP contribution is 2.28. The van der Waals surface area contributed by atoms with Gasteiger partial charge < -0.3 is 14.7 Å². The number of likely N-dealkylation sites (tertiary alicyclic amines) is 3. The SMILES string of the molecule is CC(C)CC1CCN(C(=O)N2CCC(CN3CCC(C(C)C)CC3)CC2)CC1. The molecule has 3 heterocycles. The number of rotatable bonds is 5. The molecule has 0 saturated carbocycles. The number of nitrogens with zero attached hydrogens (tertiary/aromatic N) is 3. The van der Waals surface area contributed by atoms with Crippen molar-refractivity contribution in [2.45, 2.75) is 72.6 Å². The summed E-state index contributed by atoms with van der Waals surface area (Å²) < 4.78 is 0. The average molecular weight is 392 g/mol. The maximum absolute atomic E-state index is 12.9. The zero-order valence-corrected chi connectivity index (χ0v) is 19.0. The second-order valence-corrected chi connectivity index (χ2v) is 10.7. The van der Waals surface area contributed by atoms with Crippen molar-refractivity contribution >= 4 is 6.03 Å². The molecule has 0 atom stereocenters. The molecule has 3 rings (SSSR count). The number of piperidine rings is 3. The van der Waals surface area contributed by atoms with E-state index >= 15 is 0 Å². The van der Waals surface area contributed by atoms with Gasteiger partial charge in [0.2, 0.25) is 0 Å². The molecular formula is C24H45N3O. The fraction of sp³-hybridized carbons (Fsp3) is 0.958. The van der Waals surface area contributed by atoms with Gasteiger partial charge >= 0.3 is 6.03 Å². The van der Waals surface area contributed by atoms with Crippen LogP contribution in [0, 0.1) is 29.6 Å². The lowest BCUT2D eigenvalue weighted by molar-refractivity contribution is 0.0945. The third-order valence-corrected chi connectivity index (χ3v) is 7.67. The number of carbonyl (C=O) groups is 1. The van der Waals surface area contributed by atoms with Crippen LogP contribution >= 0.6 is 0 Å². The number of hydrogen-bond donors (Lipinski definition) is 0. The lowest BCUT2D eigenvalue weighted by Crippen LogP contribution is -2.50. The highest BCUT2D eigenvalue weighted by atomic mass is 16.2. The van der Waals surface area contributed by atoms with Gasteiger partial charge in [-0.05, 0) is 87.6 Å². The average Bonchev–Trinajstić information content (AvgIpc) is 2.68. The Morgan fingerprint density at radius 2 is 1.25 bits per heavy atom. The first-order chi connectivity index (χ1) is 13.4. The molecular weight excluding hydrogens is 346 g/mol. The minimum Gasteiger partial charge on any atom is -0.325 e. The Kier molecular flexibility index (Phi) is 8.08. The van der Waals surface area contributed by atoms with Crippen molar-refractivity contribution in [3.05, 3.63) is 0 Å². The highest BCUT2D eigenvalue weighted by molar-refractivity contribution is 5.74. The molecule has 3 aliphatic rings. The van der Waals surface area contributed by atoms with Gasteiger partial charge in [-0.25, -0.2) is 4.79 Å². The summed E-state index contributed by atoms with van der Waals surface area (Å²) in [6.07, 6.45) is 8.87. The van der Waals surface area contributed by atoms with Gasteiger partial charge in [0.05, 0.1) is 0 Å². The molecule has 3 fully saturated rings. The monoisotopic (exact) mass is 391 g/mol. The summed E-state index contributed by atoms with van der Waals surface area (Å²) in [5, 5.41) is 0. The molecule has 0 aliphatic carbocycles. The second-order valence-electron chi connectivity index (χ2n) is 10.7. The standard InChI is InChI=1S/C24H45N3O/c1-19(2)17-21-5-13-26(14-6-21)24(28)27-15-7-22(8-16-27)18-25-11-9-23(10-12-25)20(3)4/h19-23H,5-18H2,1-4H3. The lowest BCUT2D eigenvalue weighted by atomic mass is 9.86. The van der Waals surface area contributed by atoms with Crippen LogP contribution < -0.4 is 0 Å². The third kappa shape index (κ3) is 6.11. The summed E-state index contributed by atoms with van der Waals surface area (Å²) in [5.74, 6) is 4.17. The van der Waals surface area contributed by atoms with E-state index in [4.69, 9.17) is 0 Å². The molecule has 0 unspecified atom stereocenters. The lowest BCUT2D eigenvalue weighted by Gasteiger charge is -2.41. The molecule has 0 aromatic carbocycles. The van der Waals surface area contributed by atoms with Crippen LogP contribution in [0.1, 0.15) is 72.6 Å². The second kappa shape index (κ2) is 10.3. The summed E-state index contributed by atoms with van der Waals surface area (Å²) in [4.78, 5) is 19.9. The molecule has 28 heavy (non-hydrogen) atoms. The van der Waals surface area contributed by atoms with Crippen LogP contribution in [0.25, 0.3) is 0 Å². The number of amides is 2. The zero-order chi connectivity index (χ0) is 20.1. The first kappa shape index (κ1) is 21.9. The van der Waals surface area contributed by atoms with Crippen LogP contribution in [0.3, 0.4) is 0 Å². The van der Waals surface area contributed by atoms with Gasteiger partial charge in [-0.3, -0.25) is 0 Å². The molecule has 4 nitrogen and oxygen atoms in total. The Balaban J connectivity index is 1.34. The van der Waals surface area contributed by atoms with Crippen LogP contribution in [-0.2, 0) is 0 Å². The molecule has 0 aromatic rings. The predicted molar refractivity (Wildman–Crippen MR) is 117 cm³/mol. The van der Waals surface area contributed by atoms with Crippen molar-refractivity contribution in [2.75, 3.05) is 45.8 Å². The summed E-state index contributed by atoms with van der Waals surface area (Å²) >= 11 is 0. The first-order valence-corrected chi connectivity index (χ1v) is 12.2. The van der Waals surface area contributed by atoms with Crippen LogP contribution in [0.2, 0.25) is 0 Å². The maximum Gasteiger partial charge on any atom is 0.319 e. The fourth-order valence-electron chi connectivity index (χ4n) is 5.70. The van der Waals surface area contributed by atoms with E-state index in [9.17, 15) is 4.79 Å². The molecule has 0 aromatic heterocycles. The first-order valence-electron chi connectivity index (χ1n) is 12.2. The smallest absolute Gasteiger partial charge is 0.319 e. The Morgan fingerprint density at radius 1 is 0.750 bits per heavy atom. The van der Waals surface area contributed by atoms with E-state index in [-0.39, 0.29) is 0 Å². The van der Waals surface area contributed by atoms with E-state index in [1.165, 1.54) is 64.6 Å². The number of carbonyl (C=O) groups excluding carboxylic acids is 1. The summed E-state index contributed by atoms with van der Waals surface area (Å²) in [6.45, 7) is 17.1. The molecule has 3 saturated heterocycles. The van der Waals surface area contributed by atoms with Gasteiger partial charge in [0.1, 0.15) is 0 Å². The van der Waals surface area contributed by atoms with E-state index in [1.54, 1.807) is 0 Å². The van der Waals surface area contributed by atoms with Crippen LogP contribution in [0.4, 0.5) is 4.79 Å². The van der Waals surface area contributed by atoms with Gasteiger partial charge in [0.15, 0.2) is 0 Å². The van der Waals surface area contributed by atoms with Crippen molar-refractivity contribution in [3.8, 4) is 0 Å². The molecule has 0 spiro atoms. The minimum absolute atomic E-state index is 0.319. The van der Waals surface area contributed by atoms with Crippen LogP contribution in [0.5, 0.6) is 0 Å². The molecule has 2 amide bonds. The molecule has 162 valence electrons. The minimum atomic E-state index is 0.319. The Labute approximate surface area is 174 Å². The normalized spacial score (nSPS) is 24.5. The summed E-state index contributed by atoms with van der Waals surface area (Å²) in [7, 11) is 0. The number of urea groups is 1. The molecule has 3 aliphatic heterocycles. The molecule has 4 heteroatoms. The molecule has 0 radical (unpaired) electrons. The number of hydrogen-bond acceptors (Lipinski definition) is 2. The van der Waals surface area contributed by atoms with E-state index in [0.717, 1.165) is 55.8 Å². The van der Waals surface area contributed by atoms with Crippen LogP contribution in [0.15, 0.2) is 0 Å². The molecule has 0 bridgehead atoms. The molecule has 0 N–H and O–H groups in total. The maximum atomic E-state index is 12.9. The van der Waals surface area contributed by atoms with Crippen molar-refractivity contribution in [1.82, 2.24) is 14.7 Å². The summed E-state index contributed by atoms with van der Waals surface area (Å²) in [6, 6.07) is 0.319. The zero-order valence-electron chi connectivity index (χ0n) is 19.0. The van der Waals surface area contributed by atoms with Crippen LogP contribution in [-0.4, -0.2) is 66.5 Å². The van der Waals surface area contributed by atoms with E-state index in [0.29, 0.717) is 6.03 Å². The van der Waals surface area contributed by atoms with Gasteiger partial charge in [-0.1, -0.05) is 27.7 Å². The van der Waals surface area contributed by atoms with Crippen molar-refractivity contribution in [2.24, 2.45) is 29.6 Å². The van der Waals surface area contributed by atoms with Crippen molar-refractivity contribution < 1.29 is 4.79 Å². The third-order valence-electron chi connectivity index (χ3n) is 7.67. The van der Waals surface area contributed by atoms with E-state index in [2.05, 4.69) is 42.4 Å². The predicted octanol–water partition coefficient (Wildman–Crippen LogP) is 4.94. The Hall–Kier alpha value is -0.770. The highest BCUT2D eigenvalue weighted by Gasteiger charge is 2.30. The Morgan fingerprint density at radius 3 is 1.71 bits per heavy atom. The van der Waals surface area contributed by atoms with E-state index in [1.807, 2.05) is 0 Å². The van der Waals surface area contributed by atoms with Gasteiger partial charge in [-0.15, -0.1) is 0 Å². The largest absolute Gasteiger partial charge is 0.325 e. The topological polar surface area (TPSA) is 26.8 Å².